The third kappa shape index (κ3) is 2.28. The van der Waals surface area contributed by atoms with Crippen molar-refractivity contribution in [3.63, 3.8) is 0 Å². The molecule has 6 nitrogen and oxygen atoms in total. The quantitative estimate of drug-likeness (QED) is 0.737. The van der Waals surface area contributed by atoms with Crippen molar-refractivity contribution in [2.24, 2.45) is 0 Å². The number of aryl methyl sites for hydroxylation is 2. The highest BCUT2D eigenvalue weighted by molar-refractivity contribution is 5.84. The molecule has 1 fully saturated rings. The summed E-state index contributed by atoms with van der Waals surface area (Å²) in [6.45, 7) is 6.37. The van der Waals surface area contributed by atoms with Gasteiger partial charge in [-0.3, -0.25) is 4.40 Å². The summed E-state index contributed by atoms with van der Waals surface area (Å²) >= 11 is 0. The predicted octanol–water partition coefficient (Wildman–Crippen LogP) is 3.15. The lowest BCUT2D eigenvalue weighted by Gasteiger charge is -2.19. The van der Waals surface area contributed by atoms with Crippen LogP contribution in [0.1, 0.15) is 37.7 Å². The SMILES string of the molecule is CCCc1nc(C)c2c(N3CCCC3)nc3ccc(OC)nc3n12. The Hall–Kier alpha value is -2.37. The molecule has 0 bridgehead atoms. The molecule has 0 atom stereocenters. The van der Waals surface area contributed by atoms with E-state index >= 15 is 0 Å². The Labute approximate surface area is 141 Å². The molecule has 0 radical (unpaired) electrons. The van der Waals surface area contributed by atoms with Crippen LogP contribution >= 0.6 is 0 Å². The fourth-order valence-electron chi connectivity index (χ4n) is 3.57. The van der Waals surface area contributed by atoms with Gasteiger partial charge in [-0.25, -0.2) is 9.97 Å². The lowest BCUT2D eigenvalue weighted by atomic mass is 10.3. The van der Waals surface area contributed by atoms with Crippen molar-refractivity contribution in [3.8, 4) is 5.88 Å². The average molecular weight is 325 g/mol. The molecular formula is C18H23N5O. The third-order valence-electron chi connectivity index (χ3n) is 4.69. The largest absolute Gasteiger partial charge is 0.481 e. The zero-order valence-corrected chi connectivity index (χ0v) is 14.5. The minimum atomic E-state index is 0.605. The average Bonchev–Trinajstić information content (AvgIpc) is 3.23. The second kappa shape index (κ2) is 5.92. The number of hydrogen-bond acceptors (Lipinski definition) is 5. The maximum atomic E-state index is 5.32. The number of aromatic nitrogens is 4. The Bertz CT molecular complexity index is 895. The van der Waals surface area contributed by atoms with Crippen LogP contribution in [0.5, 0.6) is 5.88 Å². The van der Waals surface area contributed by atoms with Crippen molar-refractivity contribution in [1.29, 1.82) is 0 Å². The van der Waals surface area contributed by atoms with Crippen LogP contribution in [0.3, 0.4) is 0 Å². The zero-order chi connectivity index (χ0) is 16.7. The van der Waals surface area contributed by atoms with E-state index in [-0.39, 0.29) is 0 Å². The summed E-state index contributed by atoms with van der Waals surface area (Å²) in [5, 5.41) is 0. The van der Waals surface area contributed by atoms with Gasteiger partial charge in [0.05, 0.1) is 12.8 Å². The topological polar surface area (TPSA) is 55.5 Å². The second-order valence-corrected chi connectivity index (χ2v) is 6.37. The fraction of sp³-hybridized carbons (Fsp3) is 0.500. The van der Waals surface area contributed by atoms with Gasteiger partial charge in [0.15, 0.2) is 11.5 Å². The number of methoxy groups -OCH3 is 1. The van der Waals surface area contributed by atoms with Crippen LogP contribution < -0.4 is 9.64 Å². The van der Waals surface area contributed by atoms with E-state index in [4.69, 9.17) is 14.7 Å². The Morgan fingerprint density at radius 2 is 1.92 bits per heavy atom. The standard InChI is InChI=1S/C18H23N5O/c1-4-7-14-19-12(2)16-18(22-10-5-6-11-22)20-13-8-9-15(24-3)21-17(13)23(14)16/h8-9H,4-7,10-11H2,1-3H3. The van der Waals surface area contributed by atoms with Crippen molar-refractivity contribution in [3.05, 3.63) is 23.7 Å². The first kappa shape index (κ1) is 15.2. The molecule has 0 aliphatic carbocycles. The van der Waals surface area contributed by atoms with Crippen LogP contribution in [0, 0.1) is 6.92 Å². The zero-order valence-electron chi connectivity index (χ0n) is 14.5. The molecule has 126 valence electrons. The molecule has 24 heavy (non-hydrogen) atoms. The van der Waals surface area contributed by atoms with E-state index in [2.05, 4.69) is 28.1 Å². The first-order valence-corrected chi connectivity index (χ1v) is 8.70. The van der Waals surface area contributed by atoms with Crippen LogP contribution in [-0.4, -0.2) is 39.6 Å². The van der Waals surface area contributed by atoms with Crippen molar-refractivity contribution in [1.82, 2.24) is 19.4 Å². The number of nitrogens with zero attached hydrogens (tertiary/aromatic N) is 5. The van der Waals surface area contributed by atoms with Crippen LogP contribution in [0.25, 0.3) is 16.7 Å². The van der Waals surface area contributed by atoms with Crippen LogP contribution in [0.15, 0.2) is 12.1 Å². The second-order valence-electron chi connectivity index (χ2n) is 6.37. The van der Waals surface area contributed by atoms with Gasteiger partial charge in [-0.15, -0.1) is 0 Å². The highest BCUT2D eigenvalue weighted by Crippen LogP contribution is 2.31. The molecule has 6 heteroatoms. The van der Waals surface area contributed by atoms with Crippen molar-refractivity contribution >= 4 is 22.5 Å². The number of fused-ring (bicyclic) bond motifs is 3. The summed E-state index contributed by atoms with van der Waals surface area (Å²) < 4.78 is 7.52. The predicted molar refractivity (Wildman–Crippen MR) is 95.0 cm³/mol. The molecule has 1 saturated heterocycles. The van der Waals surface area contributed by atoms with Gasteiger partial charge in [-0.05, 0) is 32.3 Å². The van der Waals surface area contributed by atoms with E-state index < -0.39 is 0 Å². The van der Waals surface area contributed by atoms with Gasteiger partial charge >= 0.3 is 0 Å². The molecule has 3 aromatic rings. The molecule has 0 spiro atoms. The highest BCUT2D eigenvalue weighted by atomic mass is 16.5. The highest BCUT2D eigenvalue weighted by Gasteiger charge is 2.23. The summed E-state index contributed by atoms with van der Waals surface area (Å²) in [6.07, 6.45) is 4.42. The molecule has 3 aromatic heterocycles. The van der Waals surface area contributed by atoms with Gasteiger partial charge in [0.2, 0.25) is 5.88 Å². The van der Waals surface area contributed by atoms with Gasteiger partial charge in [0.25, 0.3) is 0 Å². The molecule has 0 N–H and O–H groups in total. The van der Waals surface area contributed by atoms with E-state index in [0.717, 1.165) is 59.9 Å². The summed E-state index contributed by atoms with van der Waals surface area (Å²) in [6, 6.07) is 3.86. The van der Waals surface area contributed by atoms with Gasteiger partial charge in [0, 0.05) is 25.6 Å². The molecule has 4 heterocycles. The van der Waals surface area contributed by atoms with E-state index in [1.165, 1.54) is 12.8 Å². The van der Waals surface area contributed by atoms with Crippen molar-refractivity contribution in [2.75, 3.05) is 25.1 Å². The normalized spacial score (nSPS) is 14.9. The molecule has 1 aliphatic heterocycles. The lowest BCUT2D eigenvalue weighted by molar-refractivity contribution is 0.399. The van der Waals surface area contributed by atoms with E-state index in [1.54, 1.807) is 7.11 Å². The number of pyridine rings is 1. The van der Waals surface area contributed by atoms with E-state index in [0.29, 0.717) is 5.88 Å². The lowest BCUT2D eigenvalue weighted by Crippen LogP contribution is -2.20. The Morgan fingerprint density at radius 1 is 1.12 bits per heavy atom. The summed E-state index contributed by atoms with van der Waals surface area (Å²) in [7, 11) is 1.64. The molecule has 1 aliphatic rings. The van der Waals surface area contributed by atoms with Gasteiger partial charge in [0.1, 0.15) is 16.9 Å². The maximum absolute atomic E-state index is 5.32. The van der Waals surface area contributed by atoms with Gasteiger partial charge in [-0.2, -0.15) is 4.98 Å². The van der Waals surface area contributed by atoms with Crippen LogP contribution in [0.2, 0.25) is 0 Å². The number of ether oxygens (including phenoxy) is 1. The van der Waals surface area contributed by atoms with Gasteiger partial charge in [-0.1, -0.05) is 6.92 Å². The summed E-state index contributed by atoms with van der Waals surface area (Å²) in [5.41, 5.74) is 3.84. The molecule has 4 rings (SSSR count). The van der Waals surface area contributed by atoms with Crippen molar-refractivity contribution < 1.29 is 4.74 Å². The third-order valence-corrected chi connectivity index (χ3v) is 4.69. The Morgan fingerprint density at radius 3 is 2.62 bits per heavy atom. The minimum absolute atomic E-state index is 0.605. The number of anilines is 1. The summed E-state index contributed by atoms with van der Waals surface area (Å²) in [4.78, 5) is 16.8. The molecule has 0 aromatic carbocycles. The van der Waals surface area contributed by atoms with Gasteiger partial charge < -0.3 is 9.64 Å². The van der Waals surface area contributed by atoms with Crippen molar-refractivity contribution in [2.45, 2.75) is 39.5 Å². The fourth-order valence-corrected chi connectivity index (χ4v) is 3.57. The monoisotopic (exact) mass is 325 g/mol. The van der Waals surface area contributed by atoms with Crippen LogP contribution in [0.4, 0.5) is 5.82 Å². The maximum Gasteiger partial charge on any atom is 0.215 e. The molecule has 0 unspecified atom stereocenters. The molecule has 0 amide bonds. The first-order valence-electron chi connectivity index (χ1n) is 8.70. The molecule has 0 saturated carbocycles. The Kier molecular flexibility index (Phi) is 3.75. The Balaban J connectivity index is 2.08. The van der Waals surface area contributed by atoms with Crippen LogP contribution in [-0.2, 0) is 6.42 Å². The molecular weight excluding hydrogens is 302 g/mol. The minimum Gasteiger partial charge on any atom is -0.481 e. The number of hydrogen-bond donors (Lipinski definition) is 0. The summed E-state index contributed by atoms with van der Waals surface area (Å²) in [5.74, 6) is 2.70. The van der Waals surface area contributed by atoms with E-state index in [9.17, 15) is 0 Å². The first-order chi connectivity index (χ1) is 11.7. The number of imidazole rings is 1. The smallest absolute Gasteiger partial charge is 0.215 e. The number of rotatable bonds is 4. The van der Waals surface area contributed by atoms with E-state index in [1.807, 2.05) is 12.1 Å².